The number of hydrogen-bond donors (Lipinski definition) is 1. The highest BCUT2D eigenvalue weighted by Gasteiger charge is 2.21. The summed E-state index contributed by atoms with van der Waals surface area (Å²) in [5.41, 5.74) is 2.42. The molecule has 4 aromatic rings. The van der Waals surface area contributed by atoms with Crippen LogP contribution >= 0.6 is 11.3 Å². The van der Waals surface area contributed by atoms with E-state index in [4.69, 9.17) is 0 Å². The lowest BCUT2D eigenvalue weighted by Crippen LogP contribution is -2.09. The van der Waals surface area contributed by atoms with Crippen molar-refractivity contribution < 1.29 is 0 Å². The molecule has 0 spiro atoms. The van der Waals surface area contributed by atoms with Crippen LogP contribution in [0.4, 0.5) is 5.82 Å². The van der Waals surface area contributed by atoms with Crippen molar-refractivity contribution in [2.45, 2.75) is 25.8 Å². The van der Waals surface area contributed by atoms with Crippen LogP contribution in [0.5, 0.6) is 0 Å². The Morgan fingerprint density at radius 3 is 2.88 bits per heavy atom. The van der Waals surface area contributed by atoms with Gasteiger partial charge in [0.2, 0.25) is 0 Å². The quantitative estimate of drug-likeness (QED) is 0.612. The Labute approximate surface area is 148 Å². The van der Waals surface area contributed by atoms with Gasteiger partial charge in [0, 0.05) is 4.88 Å². The van der Waals surface area contributed by atoms with E-state index in [1.807, 2.05) is 35.0 Å². The van der Waals surface area contributed by atoms with E-state index in [-0.39, 0.29) is 0 Å². The number of aromatic nitrogens is 5. The first kappa shape index (κ1) is 14.5. The summed E-state index contributed by atoms with van der Waals surface area (Å²) in [4.78, 5) is 15.9. The minimum atomic E-state index is 0.561. The zero-order valence-corrected chi connectivity index (χ0v) is 14.3. The highest BCUT2D eigenvalue weighted by Crippen LogP contribution is 2.39. The number of fused-ring (bicyclic) bond motifs is 3. The van der Waals surface area contributed by atoms with E-state index in [1.54, 1.807) is 24.0 Å². The fraction of sp³-hybridized carbons (Fsp3) is 0.222. The molecule has 1 aromatic carbocycles. The van der Waals surface area contributed by atoms with Crippen molar-refractivity contribution in [3.8, 4) is 5.69 Å². The van der Waals surface area contributed by atoms with E-state index in [0.29, 0.717) is 6.54 Å². The zero-order chi connectivity index (χ0) is 16.6. The average molecular weight is 348 g/mol. The van der Waals surface area contributed by atoms with E-state index in [0.717, 1.165) is 35.0 Å². The van der Waals surface area contributed by atoms with E-state index < -0.39 is 0 Å². The summed E-state index contributed by atoms with van der Waals surface area (Å²) in [6.07, 6.45) is 6.74. The maximum Gasteiger partial charge on any atom is 0.151 e. The van der Waals surface area contributed by atoms with Crippen molar-refractivity contribution in [2.24, 2.45) is 0 Å². The lowest BCUT2D eigenvalue weighted by molar-refractivity contribution is 0.804. The second kappa shape index (κ2) is 5.93. The number of anilines is 1. The summed E-state index contributed by atoms with van der Waals surface area (Å²) >= 11 is 1.80. The number of rotatable bonds is 4. The molecule has 0 fully saturated rings. The molecule has 0 aliphatic heterocycles. The molecule has 3 aromatic heterocycles. The summed E-state index contributed by atoms with van der Waals surface area (Å²) in [5.74, 6) is 1.75. The second-order valence-corrected chi connectivity index (χ2v) is 7.12. The molecule has 0 radical (unpaired) electrons. The third kappa shape index (κ3) is 2.47. The molecule has 6 nitrogen and oxygen atoms in total. The molecule has 1 aliphatic rings. The van der Waals surface area contributed by atoms with Crippen LogP contribution < -0.4 is 5.32 Å². The van der Waals surface area contributed by atoms with Crippen LogP contribution in [0.1, 0.15) is 22.7 Å². The summed E-state index contributed by atoms with van der Waals surface area (Å²) < 4.78 is 1.85. The van der Waals surface area contributed by atoms with E-state index >= 15 is 0 Å². The number of nitrogens with one attached hydrogen (secondary N) is 1. The first-order valence-corrected chi connectivity index (χ1v) is 9.15. The third-order valence-electron chi connectivity index (χ3n) is 4.53. The van der Waals surface area contributed by atoms with Crippen molar-refractivity contribution in [2.75, 3.05) is 5.32 Å². The van der Waals surface area contributed by atoms with Crippen LogP contribution in [0.25, 0.3) is 15.9 Å². The number of para-hydroxylation sites is 1. The molecule has 0 saturated heterocycles. The fourth-order valence-corrected chi connectivity index (χ4v) is 4.63. The van der Waals surface area contributed by atoms with Gasteiger partial charge >= 0.3 is 0 Å². The number of aryl methyl sites for hydroxylation is 2. The predicted octanol–water partition coefficient (Wildman–Crippen LogP) is 3.37. The van der Waals surface area contributed by atoms with Crippen LogP contribution in [-0.4, -0.2) is 24.7 Å². The van der Waals surface area contributed by atoms with Crippen molar-refractivity contribution in [1.29, 1.82) is 0 Å². The maximum atomic E-state index is 4.49. The molecule has 3 heterocycles. The molecule has 25 heavy (non-hydrogen) atoms. The SMILES string of the molecule is c1ccc(-n2ncnc2CNc2ncnc3sc4c(c23)CCC4)cc1. The Hall–Kier alpha value is -2.80. The van der Waals surface area contributed by atoms with Gasteiger partial charge in [-0.15, -0.1) is 11.3 Å². The standard InChI is InChI=1S/C18H16N6S/c1-2-5-12(6-3-1)24-15(20-11-23-24)9-19-17-16-13-7-4-8-14(13)25-18(16)22-10-21-17/h1-3,5-6,10-11H,4,7-9H2,(H,19,21,22). The van der Waals surface area contributed by atoms with Gasteiger partial charge in [-0.05, 0) is 37.0 Å². The van der Waals surface area contributed by atoms with Crippen molar-refractivity contribution >= 4 is 27.4 Å². The Morgan fingerprint density at radius 2 is 1.96 bits per heavy atom. The molecular formula is C18H16N6S. The lowest BCUT2D eigenvalue weighted by Gasteiger charge is -2.09. The Kier molecular flexibility index (Phi) is 3.45. The van der Waals surface area contributed by atoms with Crippen LogP contribution in [0, 0.1) is 0 Å². The van der Waals surface area contributed by atoms with Gasteiger partial charge in [0.1, 0.15) is 23.3 Å². The van der Waals surface area contributed by atoms with Crippen molar-refractivity contribution in [1.82, 2.24) is 24.7 Å². The van der Waals surface area contributed by atoms with Crippen LogP contribution in [0.2, 0.25) is 0 Å². The second-order valence-electron chi connectivity index (χ2n) is 6.04. The zero-order valence-electron chi connectivity index (χ0n) is 13.5. The van der Waals surface area contributed by atoms with Gasteiger partial charge < -0.3 is 5.32 Å². The molecule has 0 bridgehead atoms. The van der Waals surface area contributed by atoms with Crippen molar-refractivity contribution in [3.05, 3.63) is 59.3 Å². The first-order valence-electron chi connectivity index (χ1n) is 8.33. The molecule has 0 amide bonds. The summed E-state index contributed by atoms with van der Waals surface area (Å²) in [5, 5.41) is 8.98. The molecule has 0 atom stereocenters. The predicted molar refractivity (Wildman–Crippen MR) is 98.1 cm³/mol. The number of thiophene rings is 1. The van der Waals surface area contributed by atoms with Gasteiger partial charge in [0.25, 0.3) is 0 Å². The Morgan fingerprint density at radius 1 is 1.04 bits per heavy atom. The molecule has 5 rings (SSSR count). The molecule has 1 aliphatic carbocycles. The molecular weight excluding hydrogens is 332 g/mol. The fourth-order valence-electron chi connectivity index (χ4n) is 3.40. The normalized spacial score (nSPS) is 13.3. The Balaban J connectivity index is 1.47. The number of nitrogens with zero attached hydrogens (tertiary/aromatic N) is 5. The van der Waals surface area contributed by atoms with Crippen LogP contribution in [0.3, 0.4) is 0 Å². The first-order chi connectivity index (χ1) is 12.4. The van der Waals surface area contributed by atoms with Gasteiger partial charge in [0.15, 0.2) is 5.82 Å². The van der Waals surface area contributed by atoms with Gasteiger partial charge in [0.05, 0.1) is 17.6 Å². The van der Waals surface area contributed by atoms with Crippen molar-refractivity contribution in [3.63, 3.8) is 0 Å². The minimum absolute atomic E-state index is 0.561. The number of hydrogen-bond acceptors (Lipinski definition) is 6. The summed E-state index contributed by atoms with van der Waals surface area (Å²) in [6.45, 7) is 0.561. The van der Waals surface area contributed by atoms with Crippen LogP contribution in [0.15, 0.2) is 43.0 Å². The van der Waals surface area contributed by atoms with Gasteiger partial charge in [-0.25, -0.2) is 19.6 Å². The summed E-state index contributed by atoms with van der Waals surface area (Å²) in [6, 6.07) is 10.0. The van der Waals surface area contributed by atoms with E-state index in [2.05, 4.69) is 25.4 Å². The average Bonchev–Trinajstić information content (AvgIpc) is 3.36. The lowest BCUT2D eigenvalue weighted by atomic mass is 10.2. The van der Waals surface area contributed by atoms with Gasteiger partial charge in [-0.1, -0.05) is 18.2 Å². The highest BCUT2D eigenvalue weighted by atomic mass is 32.1. The number of benzene rings is 1. The van der Waals surface area contributed by atoms with Gasteiger partial charge in [-0.3, -0.25) is 0 Å². The van der Waals surface area contributed by atoms with Crippen LogP contribution in [-0.2, 0) is 19.4 Å². The van der Waals surface area contributed by atoms with Gasteiger partial charge in [-0.2, -0.15) is 5.10 Å². The maximum absolute atomic E-state index is 4.49. The monoisotopic (exact) mass is 348 g/mol. The summed E-state index contributed by atoms with van der Waals surface area (Å²) in [7, 11) is 0. The van der Waals surface area contributed by atoms with E-state index in [1.165, 1.54) is 22.2 Å². The molecule has 124 valence electrons. The largest absolute Gasteiger partial charge is 0.362 e. The highest BCUT2D eigenvalue weighted by molar-refractivity contribution is 7.19. The Bertz CT molecular complexity index is 1040. The van der Waals surface area contributed by atoms with E-state index in [9.17, 15) is 0 Å². The third-order valence-corrected chi connectivity index (χ3v) is 5.73. The smallest absolute Gasteiger partial charge is 0.151 e. The topological polar surface area (TPSA) is 68.5 Å². The molecule has 0 unspecified atom stereocenters. The molecule has 0 saturated carbocycles. The molecule has 7 heteroatoms. The molecule has 1 N–H and O–H groups in total. The minimum Gasteiger partial charge on any atom is -0.362 e.